The molecule has 1 heterocycles. The molecule has 0 aromatic heterocycles. The van der Waals surface area contributed by atoms with Gasteiger partial charge in [-0.2, -0.15) is 0 Å². The van der Waals surface area contributed by atoms with Crippen molar-refractivity contribution in [1.29, 1.82) is 0 Å². The van der Waals surface area contributed by atoms with E-state index in [9.17, 15) is 4.79 Å². The van der Waals surface area contributed by atoms with Gasteiger partial charge in [0.15, 0.2) is 0 Å². The van der Waals surface area contributed by atoms with Crippen LogP contribution in [0.1, 0.15) is 17.5 Å². The van der Waals surface area contributed by atoms with Gasteiger partial charge < -0.3 is 14.6 Å². The molecule has 5 nitrogen and oxygen atoms in total. The number of carboxylic acids is 1. The summed E-state index contributed by atoms with van der Waals surface area (Å²) in [6.45, 7) is 4.18. The second-order valence-electron chi connectivity index (χ2n) is 4.98. The highest BCUT2D eigenvalue weighted by Crippen LogP contribution is 2.21. The van der Waals surface area contributed by atoms with Gasteiger partial charge >= 0.3 is 5.97 Å². The summed E-state index contributed by atoms with van der Waals surface area (Å²) in [7, 11) is 1.63. The first-order chi connectivity index (χ1) is 10.2. The summed E-state index contributed by atoms with van der Waals surface area (Å²) in [5.41, 5.74) is 1.97. The molecule has 1 aromatic rings. The fourth-order valence-electron chi connectivity index (χ4n) is 2.37. The minimum absolute atomic E-state index is 0.740. The molecule has 1 fully saturated rings. The summed E-state index contributed by atoms with van der Waals surface area (Å²) in [4.78, 5) is 13.0. The predicted molar refractivity (Wildman–Crippen MR) is 80.4 cm³/mol. The lowest BCUT2D eigenvalue weighted by Gasteiger charge is -2.20. The van der Waals surface area contributed by atoms with Crippen LogP contribution in [0.3, 0.4) is 0 Å². The van der Waals surface area contributed by atoms with E-state index in [2.05, 4.69) is 4.90 Å². The van der Waals surface area contributed by atoms with Gasteiger partial charge in [0, 0.05) is 32.3 Å². The van der Waals surface area contributed by atoms with Crippen LogP contribution >= 0.6 is 0 Å². The number of carbonyl (C=O) groups is 1. The van der Waals surface area contributed by atoms with E-state index in [0.29, 0.717) is 0 Å². The van der Waals surface area contributed by atoms with Crippen molar-refractivity contribution < 1.29 is 19.4 Å². The maximum atomic E-state index is 10.7. The van der Waals surface area contributed by atoms with Gasteiger partial charge in [0.2, 0.25) is 0 Å². The number of hydrogen-bond acceptors (Lipinski definition) is 4. The number of hydrogen-bond donors (Lipinski definition) is 1. The molecule has 21 heavy (non-hydrogen) atoms. The van der Waals surface area contributed by atoms with Crippen molar-refractivity contribution in [1.82, 2.24) is 4.90 Å². The first-order valence-electron chi connectivity index (χ1n) is 7.07. The maximum Gasteiger partial charge on any atom is 0.328 e. The molecule has 0 amide bonds. The fraction of sp³-hybridized carbons (Fsp3) is 0.438. The number of methoxy groups -OCH3 is 1. The van der Waals surface area contributed by atoms with Crippen molar-refractivity contribution in [2.45, 2.75) is 13.0 Å². The molecule has 1 N–H and O–H groups in total. The average Bonchev–Trinajstić information content (AvgIpc) is 2.74. The topological polar surface area (TPSA) is 59.0 Å². The lowest BCUT2D eigenvalue weighted by atomic mass is 10.1. The van der Waals surface area contributed by atoms with Crippen LogP contribution in [0, 0.1) is 0 Å². The lowest BCUT2D eigenvalue weighted by molar-refractivity contribution is -0.131. The van der Waals surface area contributed by atoms with Crippen molar-refractivity contribution in [2.75, 3.05) is 33.4 Å². The van der Waals surface area contributed by atoms with Gasteiger partial charge in [-0.1, -0.05) is 6.07 Å². The van der Waals surface area contributed by atoms with Crippen LogP contribution in [-0.2, 0) is 16.1 Å². The van der Waals surface area contributed by atoms with E-state index in [4.69, 9.17) is 14.6 Å². The fourth-order valence-corrected chi connectivity index (χ4v) is 2.37. The van der Waals surface area contributed by atoms with E-state index in [0.717, 1.165) is 62.2 Å². The molecule has 1 saturated heterocycles. The van der Waals surface area contributed by atoms with Gasteiger partial charge in [0.05, 0.1) is 13.7 Å². The normalized spacial score (nSPS) is 16.8. The third-order valence-electron chi connectivity index (χ3n) is 3.46. The van der Waals surface area contributed by atoms with Gasteiger partial charge in [-0.3, -0.25) is 4.90 Å². The zero-order valence-corrected chi connectivity index (χ0v) is 12.2. The Hall–Kier alpha value is -1.85. The van der Waals surface area contributed by atoms with Crippen molar-refractivity contribution in [3.8, 4) is 5.75 Å². The van der Waals surface area contributed by atoms with Crippen LogP contribution in [0.25, 0.3) is 6.08 Å². The van der Waals surface area contributed by atoms with Gasteiger partial charge in [0.25, 0.3) is 0 Å². The molecule has 1 aliphatic rings. The largest absolute Gasteiger partial charge is 0.497 e. The van der Waals surface area contributed by atoms with Crippen molar-refractivity contribution in [2.24, 2.45) is 0 Å². The Morgan fingerprint density at radius 3 is 3.05 bits per heavy atom. The molecule has 114 valence electrons. The maximum absolute atomic E-state index is 10.7. The van der Waals surface area contributed by atoms with E-state index in [1.54, 1.807) is 13.2 Å². The molecule has 0 spiro atoms. The summed E-state index contributed by atoms with van der Waals surface area (Å²) in [6.07, 6.45) is 3.81. The zero-order chi connectivity index (χ0) is 15.1. The van der Waals surface area contributed by atoms with Crippen molar-refractivity contribution in [3.05, 3.63) is 35.4 Å². The Bertz CT molecular complexity index is 505. The SMILES string of the molecule is COc1ccc(C=CC(=O)O)c(CN2CCCOCC2)c1. The second-order valence-corrected chi connectivity index (χ2v) is 4.98. The molecular formula is C16H21NO4. The van der Waals surface area contributed by atoms with E-state index in [1.165, 1.54) is 0 Å². The number of carboxylic acid groups (broad SMARTS) is 1. The summed E-state index contributed by atoms with van der Waals surface area (Å²) < 4.78 is 10.7. The minimum Gasteiger partial charge on any atom is -0.497 e. The van der Waals surface area contributed by atoms with Gasteiger partial charge in [-0.15, -0.1) is 0 Å². The third-order valence-corrected chi connectivity index (χ3v) is 3.46. The van der Waals surface area contributed by atoms with Crippen molar-refractivity contribution >= 4 is 12.0 Å². The van der Waals surface area contributed by atoms with E-state index < -0.39 is 5.97 Å². The van der Waals surface area contributed by atoms with Crippen LogP contribution in [0.4, 0.5) is 0 Å². The highest BCUT2D eigenvalue weighted by molar-refractivity contribution is 5.85. The summed E-state index contributed by atoms with van der Waals surface area (Å²) in [5.74, 6) is -0.163. The molecule has 0 atom stereocenters. The molecule has 5 heteroatoms. The lowest BCUT2D eigenvalue weighted by Crippen LogP contribution is -2.26. The predicted octanol–water partition coefficient (Wildman–Crippen LogP) is 2.02. The highest BCUT2D eigenvalue weighted by Gasteiger charge is 2.12. The average molecular weight is 291 g/mol. The zero-order valence-electron chi connectivity index (χ0n) is 12.2. The number of aliphatic carboxylic acids is 1. The summed E-state index contributed by atoms with van der Waals surface area (Å²) in [5, 5.41) is 8.79. The quantitative estimate of drug-likeness (QED) is 0.841. The van der Waals surface area contributed by atoms with E-state index >= 15 is 0 Å². The third kappa shape index (κ3) is 4.88. The molecule has 0 aliphatic carbocycles. The molecule has 0 saturated carbocycles. The van der Waals surface area contributed by atoms with Gasteiger partial charge in [-0.05, 0) is 35.8 Å². The summed E-state index contributed by atoms with van der Waals surface area (Å²) in [6, 6.07) is 5.70. The molecule has 0 bridgehead atoms. The van der Waals surface area contributed by atoms with Gasteiger partial charge in [-0.25, -0.2) is 4.79 Å². The number of ether oxygens (including phenoxy) is 2. The summed E-state index contributed by atoms with van der Waals surface area (Å²) >= 11 is 0. The van der Waals surface area contributed by atoms with Crippen LogP contribution in [0.2, 0.25) is 0 Å². The van der Waals surface area contributed by atoms with E-state index in [-0.39, 0.29) is 0 Å². The Morgan fingerprint density at radius 1 is 1.43 bits per heavy atom. The van der Waals surface area contributed by atoms with Crippen molar-refractivity contribution in [3.63, 3.8) is 0 Å². The van der Waals surface area contributed by atoms with E-state index in [1.807, 2.05) is 18.2 Å². The smallest absolute Gasteiger partial charge is 0.328 e. The molecular weight excluding hydrogens is 270 g/mol. The monoisotopic (exact) mass is 291 g/mol. The van der Waals surface area contributed by atoms with Gasteiger partial charge in [0.1, 0.15) is 5.75 Å². The van der Waals surface area contributed by atoms with Crippen LogP contribution < -0.4 is 4.74 Å². The number of nitrogens with zero attached hydrogens (tertiary/aromatic N) is 1. The van der Waals surface area contributed by atoms with Crippen LogP contribution in [-0.4, -0.2) is 49.4 Å². The first-order valence-corrected chi connectivity index (χ1v) is 7.07. The number of rotatable bonds is 5. The molecule has 0 radical (unpaired) electrons. The Morgan fingerprint density at radius 2 is 2.29 bits per heavy atom. The van der Waals surface area contributed by atoms with Crippen LogP contribution in [0.5, 0.6) is 5.75 Å². The molecule has 1 aliphatic heterocycles. The highest BCUT2D eigenvalue weighted by atomic mass is 16.5. The first kappa shape index (κ1) is 15.5. The molecule has 0 unspecified atom stereocenters. The Balaban J connectivity index is 2.19. The molecule has 1 aromatic carbocycles. The standard InChI is InChI=1S/C16H21NO4/c1-20-15-5-3-13(4-6-16(18)19)14(11-15)12-17-7-2-9-21-10-8-17/h3-6,11H,2,7-10,12H2,1H3,(H,18,19). The second kappa shape index (κ2) is 7.81. The Labute approximate surface area is 124 Å². The van der Waals surface area contributed by atoms with Crippen LogP contribution in [0.15, 0.2) is 24.3 Å². The Kier molecular flexibility index (Phi) is 5.78. The molecule has 2 rings (SSSR count). The minimum atomic E-state index is -0.944. The number of benzene rings is 1.